The summed E-state index contributed by atoms with van der Waals surface area (Å²) in [6.45, 7) is 5.38. The first-order valence-corrected chi connectivity index (χ1v) is 15.1. The van der Waals surface area contributed by atoms with Crippen LogP contribution in [0, 0.1) is 0 Å². The molecule has 0 bridgehead atoms. The molecule has 0 N–H and O–H groups in total. The average molecular weight is 584 g/mol. The van der Waals surface area contributed by atoms with Gasteiger partial charge in [0.15, 0.2) is 0 Å². The lowest BCUT2D eigenvalue weighted by Gasteiger charge is -2.40. The molecule has 5 aromatic rings. The molecule has 1 saturated heterocycles. The Hall–Kier alpha value is -4.01. The van der Waals surface area contributed by atoms with Crippen LogP contribution in [0.1, 0.15) is 46.7 Å². The largest absolute Gasteiger partial charge is 0.335 e. The Morgan fingerprint density at radius 3 is 2.54 bits per heavy atom. The summed E-state index contributed by atoms with van der Waals surface area (Å²) in [6, 6.07) is 21.6. The molecule has 41 heavy (non-hydrogen) atoms. The Kier molecular flexibility index (Phi) is 7.60. The molecule has 7 nitrogen and oxygen atoms in total. The number of rotatable bonds is 6. The fourth-order valence-corrected chi connectivity index (χ4v) is 6.47. The average Bonchev–Trinajstić information content (AvgIpc) is 3.64. The zero-order valence-electron chi connectivity index (χ0n) is 23.0. The minimum Gasteiger partial charge on any atom is -0.335 e. The van der Waals surface area contributed by atoms with Crippen molar-refractivity contribution in [3.63, 3.8) is 0 Å². The molecular weight excluding hydrogens is 554 g/mol. The first kappa shape index (κ1) is 27.2. The van der Waals surface area contributed by atoms with E-state index in [-0.39, 0.29) is 17.9 Å². The van der Waals surface area contributed by atoms with Gasteiger partial charge in [-0.25, -0.2) is 9.67 Å². The molecule has 6 rings (SSSR count). The fraction of sp³-hybridized carbons (Fsp3) is 0.250. The van der Waals surface area contributed by atoms with Gasteiger partial charge in [0.1, 0.15) is 0 Å². The molecule has 1 unspecified atom stereocenters. The van der Waals surface area contributed by atoms with Gasteiger partial charge in [-0.2, -0.15) is 5.10 Å². The van der Waals surface area contributed by atoms with Crippen LogP contribution in [0.2, 0.25) is 5.02 Å². The molecule has 0 saturated carbocycles. The van der Waals surface area contributed by atoms with Crippen LogP contribution in [-0.2, 0) is 6.42 Å². The lowest BCUT2D eigenvalue weighted by atomic mass is 10.1. The standard InChI is InChI=1S/C32H30ClN5O2S/c1-3-8-29-26(30(39)36-15-16-37(21(2)19-36)31(40)25-11-6-7-12-27(25)33)18-34-38(29)32-35-28(20-41-32)24-14-13-22-9-4-5-10-23(22)17-24/h4-7,9-14,17-18,20-21H,3,8,15-16,19H2,1-2H3. The topological polar surface area (TPSA) is 71.3 Å². The molecule has 0 radical (unpaired) electrons. The molecule has 1 aliphatic heterocycles. The number of halogens is 1. The number of carbonyl (C=O) groups excluding carboxylic acids is 2. The van der Waals surface area contributed by atoms with Crippen LogP contribution in [0.5, 0.6) is 0 Å². The number of fused-ring (bicyclic) bond motifs is 1. The van der Waals surface area contributed by atoms with Crippen LogP contribution in [0.3, 0.4) is 0 Å². The second-order valence-corrected chi connectivity index (χ2v) is 11.6. The summed E-state index contributed by atoms with van der Waals surface area (Å²) in [5.74, 6) is -0.177. The second-order valence-electron chi connectivity index (χ2n) is 10.3. The molecule has 9 heteroatoms. The summed E-state index contributed by atoms with van der Waals surface area (Å²) in [7, 11) is 0. The van der Waals surface area contributed by atoms with Gasteiger partial charge < -0.3 is 9.80 Å². The van der Waals surface area contributed by atoms with E-state index < -0.39 is 0 Å². The number of aromatic nitrogens is 3. The third-order valence-corrected chi connectivity index (χ3v) is 8.73. The molecule has 1 aliphatic rings. The summed E-state index contributed by atoms with van der Waals surface area (Å²) >= 11 is 7.79. The van der Waals surface area contributed by atoms with E-state index in [1.807, 2.05) is 46.2 Å². The van der Waals surface area contributed by atoms with Crippen LogP contribution in [-0.4, -0.2) is 62.1 Å². The molecule has 2 aromatic heterocycles. The third-order valence-electron chi connectivity index (χ3n) is 7.58. The third kappa shape index (κ3) is 5.25. The number of carbonyl (C=O) groups is 2. The Bertz CT molecular complexity index is 1750. The minimum atomic E-state index is -0.149. The Balaban J connectivity index is 1.22. The van der Waals surface area contributed by atoms with Gasteiger partial charge in [0.2, 0.25) is 5.13 Å². The van der Waals surface area contributed by atoms with Crippen LogP contribution < -0.4 is 0 Å². The number of benzene rings is 3. The van der Waals surface area contributed by atoms with E-state index in [0.29, 0.717) is 42.2 Å². The summed E-state index contributed by atoms with van der Waals surface area (Å²) in [4.78, 5) is 35.5. The maximum Gasteiger partial charge on any atom is 0.257 e. The van der Waals surface area contributed by atoms with Gasteiger partial charge in [0.25, 0.3) is 11.8 Å². The highest BCUT2D eigenvalue weighted by Crippen LogP contribution is 2.29. The van der Waals surface area contributed by atoms with E-state index in [9.17, 15) is 9.59 Å². The van der Waals surface area contributed by atoms with E-state index in [2.05, 4.69) is 42.4 Å². The van der Waals surface area contributed by atoms with E-state index in [4.69, 9.17) is 16.6 Å². The van der Waals surface area contributed by atoms with E-state index >= 15 is 0 Å². The van der Waals surface area contributed by atoms with Crippen LogP contribution >= 0.6 is 22.9 Å². The van der Waals surface area contributed by atoms with Crippen molar-refractivity contribution in [3.8, 4) is 16.4 Å². The number of piperazine rings is 1. The van der Waals surface area contributed by atoms with Gasteiger partial charge in [0.05, 0.1) is 33.7 Å². The van der Waals surface area contributed by atoms with Crippen molar-refractivity contribution in [2.45, 2.75) is 32.7 Å². The monoisotopic (exact) mass is 583 g/mol. The van der Waals surface area contributed by atoms with Crippen molar-refractivity contribution < 1.29 is 9.59 Å². The highest BCUT2D eigenvalue weighted by molar-refractivity contribution is 7.12. The summed E-state index contributed by atoms with van der Waals surface area (Å²) in [6.07, 6.45) is 3.23. The Morgan fingerprint density at radius 2 is 1.76 bits per heavy atom. The molecule has 1 fully saturated rings. The highest BCUT2D eigenvalue weighted by atomic mass is 35.5. The van der Waals surface area contributed by atoms with Gasteiger partial charge >= 0.3 is 0 Å². The number of hydrogen-bond acceptors (Lipinski definition) is 5. The van der Waals surface area contributed by atoms with Gasteiger partial charge in [-0.05, 0) is 42.3 Å². The molecule has 0 aliphatic carbocycles. The van der Waals surface area contributed by atoms with Crippen molar-refractivity contribution in [1.82, 2.24) is 24.6 Å². The lowest BCUT2D eigenvalue weighted by molar-refractivity contribution is 0.0414. The zero-order valence-corrected chi connectivity index (χ0v) is 24.5. The maximum absolute atomic E-state index is 13.8. The summed E-state index contributed by atoms with van der Waals surface area (Å²) in [5, 5.41) is 10.2. The number of amides is 2. The Labute approximate surface area is 248 Å². The van der Waals surface area contributed by atoms with Crippen LogP contribution in [0.25, 0.3) is 27.2 Å². The Morgan fingerprint density at radius 1 is 0.976 bits per heavy atom. The van der Waals surface area contributed by atoms with Crippen molar-refractivity contribution in [3.05, 3.63) is 100 Å². The van der Waals surface area contributed by atoms with Gasteiger partial charge in [-0.15, -0.1) is 11.3 Å². The van der Waals surface area contributed by atoms with Crippen molar-refractivity contribution >= 4 is 45.5 Å². The highest BCUT2D eigenvalue weighted by Gasteiger charge is 2.33. The lowest BCUT2D eigenvalue weighted by Crippen LogP contribution is -2.55. The van der Waals surface area contributed by atoms with Gasteiger partial charge in [0, 0.05) is 36.6 Å². The number of nitrogens with zero attached hydrogens (tertiary/aromatic N) is 5. The summed E-state index contributed by atoms with van der Waals surface area (Å²) < 4.78 is 1.81. The predicted octanol–water partition coefficient (Wildman–Crippen LogP) is 6.74. The molecule has 0 spiro atoms. The quantitative estimate of drug-likeness (QED) is 0.222. The predicted molar refractivity (Wildman–Crippen MR) is 164 cm³/mol. The number of hydrogen-bond donors (Lipinski definition) is 0. The van der Waals surface area contributed by atoms with E-state index in [0.717, 1.165) is 28.5 Å². The zero-order chi connectivity index (χ0) is 28.5. The summed E-state index contributed by atoms with van der Waals surface area (Å²) in [5.41, 5.74) is 3.87. The van der Waals surface area contributed by atoms with Crippen molar-refractivity contribution in [2.24, 2.45) is 0 Å². The normalized spacial score (nSPS) is 15.4. The first-order valence-electron chi connectivity index (χ1n) is 13.8. The smallest absolute Gasteiger partial charge is 0.257 e. The number of thiazole rings is 1. The van der Waals surface area contributed by atoms with E-state index in [1.165, 1.54) is 22.1 Å². The maximum atomic E-state index is 13.8. The molecule has 3 aromatic carbocycles. The van der Waals surface area contributed by atoms with E-state index in [1.54, 1.807) is 23.2 Å². The van der Waals surface area contributed by atoms with Gasteiger partial charge in [-0.1, -0.05) is 73.5 Å². The first-order chi connectivity index (χ1) is 19.9. The molecule has 3 heterocycles. The molecule has 1 atom stereocenters. The molecular formula is C32H30ClN5O2S. The fourth-order valence-electron chi connectivity index (χ4n) is 5.44. The van der Waals surface area contributed by atoms with Crippen molar-refractivity contribution in [2.75, 3.05) is 19.6 Å². The second kappa shape index (κ2) is 11.5. The van der Waals surface area contributed by atoms with Gasteiger partial charge in [-0.3, -0.25) is 9.59 Å². The van der Waals surface area contributed by atoms with Crippen molar-refractivity contribution in [1.29, 1.82) is 0 Å². The van der Waals surface area contributed by atoms with Crippen LogP contribution in [0.15, 0.2) is 78.3 Å². The minimum absolute atomic E-state index is 0.0669. The molecule has 2 amide bonds. The van der Waals surface area contributed by atoms with Crippen LogP contribution in [0.4, 0.5) is 0 Å². The molecule has 208 valence electrons. The SMILES string of the molecule is CCCc1c(C(=O)N2CCN(C(=O)c3ccccc3Cl)C(C)C2)cnn1-c1nc(-c2ccc3ccccc3c2)cs1.